The summed E-state index contributed by atoms with van der Waals surface area (Å²) in [7, 11) is 4.03. The summed E-state index contributed by atoms with van der Waals surface area (Å²) in [4.78, 5) is 29.5. The van der Waals surface area contributed by atoms with Crippen LogP contribution in [0.25, 0.3) is 10.9 Å². The highest BCUT2D eigenvalue weighted by Crippen LogP contribution is 2.31. The topological polar surface area (TPSA) is 65.1 Å². The van der Waals surface area contributed by atoms with Gasteiger partial charge in [-0.2, -0.15) is 0 Å². The molecule has 0 radical (unpaired) electrons. The van der Waals surface area contributed by atoms with Crippen molar-refractivity contribution in [2.75, 3.05) is 20.6 Å². The number of amides is 1. The standard InChI is InChI=1S/C20H23N5O/c1-24(2)13-15-9-10-21-19(22-15)18-8-5-11-25(18)20(26)17-12-14-6-3-4-7-16(14)23-17/h3-4,6-7,9-10,12,18,23H,5,8,11,13H2,1-2H3. The first-order valence-corrected chi connectivity index (χ1v) is 8.97. The zero-order valence-electron chi connectivity index (χ0n) is 15.1. The molecule has 0 aliphatic carbocycles. The minimum absolute atomic E-state index is 0.0188. The monoisotopic (exact) mass is 349 g/mol. The van der Waals surface area contributed by atoms with Crippen molar-refractivity contribution in [2.24, 2.45) is 0 Å². The number of hydrogen-bond acceptors (Lipinski definition) is 4. The molecule has 6 nitrogen and oxygen atoms in total. The van der Waals surface area contributed by atoms with E-state index in [2.05, 4.69) is 14.9 Å². The van der Waals surface area contributed by atoms with Crippen LogP contribution in [0.4, 0.5) is 0 Å². The third-order valence-corrected chi connectivity index (χ3v) is 4.78. The van der Waals surface area contributed by atoms with E-state index in [4.69, 9.17) is 4.98 Å². The molecule has 1 unspecified atom stereocenters. The number of carbonyl (C=O) groups excluding carboxylic acids is 1. The summed E-state index contributed by atoms with van der Waals surface area (Å²) in [5, 5.41) is 1.05. The van der Waals surface area contributed by atoms with E-state index in [1.807, 2.05) is 55.4 Å². The van der Waals surface area contributed by atoms with Gasteiger partial charge < -0.3 is 14.8 Å². The first-order chi connectivity index (χ1) is 12.6. The van der Waals surface area contributed by atoms with Crippen LogP contribution >= 0.6 is 0 Å². The number of carbonyl (C=O) groups is 1. The molecule has 2 aromatic heterocycles. The second-order valence-electron chi connectivity index (χ2n) is 7.07. The van der Waals surface area contributed by atoms with Gasteiger partial charge in [0, 0.05) is 30.2 Å². The maximum Gasteiger partial charge on any atom is 0.270 e. The Morgan fingerprint density at radius 2 is 2.15 bits per heavy atom. The van der Waals surface area contributed by atoms with Crippen molar-refractivity contribution in [1.29, 1.82) is 0 Å². The molecule has 26 heavy (non-hydrogen) atoms. The van der Waals surface area contributed by atoms with Crippen LogP contribution in [0.15, 0.2) is 42.6 Å². The average molecular weight is 349 g/mol. The summed E-state index contributed by atoms with van der Waals surface area (Å²) in [6.07, 6.45) is 3.67. The lowest BCUT2D eigenvalue weighted by Crippen LogP contribution is -2.32. The second kappa shape index (κ2) is 6.88. The summed E-state index contributed by atoms with van der Waals surface area (Å²) >= 11 is 0. The predicted molar refractivity (Wildman–Crippen MR) is 101 cm³/mol. The van der Waals surface area contributed by atoms with E-state index in [1.165, 1.54) is 0 Å². The molecule has 1 saturated heterocycles. The highest BCUT2D eigenvalue weighted by molar-refractivity contribution is 5.98. The molecule has 3 aromatic rings. The summed E-state index contributed by atoms with van der Waals surface area (Å²) in [5.41, 5.74) is 2.59. The Morgan fingerprint density at radius 3 is 2.96 bits per heavy atom. The Balaban J connectivity index is 1.61. The number of para-hydroxylation sites is 1. The van der Waals surface area contributed by atoms with Gasteiger partial charge in [0.1, 0.15) is 5.69 Å². The van der Waals surface area contributed by atoms with Gasteiger partial charge in [-0.1, -0.05) is 18.2 Å². The molecule has 1 fully saturated rings. The van der Waals surface area contributed by atoms with Gasteiger partial charge in [0.25, 0.3) is 5.91 Å². The van der Waals surface area contributed by atoms with Gasteiger partial charge in [-0.3, -0.25) is 4.79 Å². The minimum Gasteiger partial charge on any atom is -0.351 e. The fourth-order valence-corrected chi connectivity index (χ4v) is 3.61. The Morgan fingerprint density at radius 1 is 1.31 bits per heavy atom. The molecule has 1 aliphatic heterocycles. The van der Waals surface area contributed by atoms with Crippen molar-refractivity contribution in [3.05, 3.63) is 59.8 Å². The molecule has 134 valence electrons. The molecule has 4 rings (SSSR count). The van der Waals surface area contributed by atoms with Crippen molar-refractivity contribution in [3.63, 3.8) is 0 Å². The van der Waals surface area contributed by atoms with Gasteiger partial charge in [-0.15, -0.1) is 0 Å². The molecule has 3 heterocycles. The number of likely N-dealkylation sites (tertiary alicyclic amines) is 1. The molecule has 1 aliphatic rings. The molecule has 6 heteroatoms. The van der Waals surface area contributed by atoms with E-state index >= 15 is 0 Å². The van der Waals surface area contributed by atoms with Crippen molar-refractivity contribution < 1.29 is 4.79 Å². The summed E-state index contributed by atoms with van der Waals surface area (Å²) < 4.78 is 0. The number of fused-ring (bicyclic) bond motifs is 1. The van der Waals surface area contributed by atoms with Crippen LogP contribution in [0.5, 0.6) is 0 Å². The minimum atomic E-state index is -0.0592. The van der Waals surface area contributed by atoms with Crippen LogP contribution in [-0.4, -0.2) is 51.3 Å². The molecule has 0 spiro atoms. The number of aromatic amines is 1. The first kappa shape index (κ1) is 16.7. The molecule has 0 bridgehead atoms. The summed E-state index contributed by atoms with van der Waals surface area (Å²) in [6.45, 7) is 1.50. The SMILES string of the molecule is CN(C)Cc1ccnc(C2CCCN2C(=O)c2cc3ccccc3[nH]2)n1. The highest BCUT2D eigenvalue weighted by atomic mass is 16.2. The van der Waals surface area contributed by atoms with E-state index in [0.717, 1.165) is 48.4 Å². The van der Waals surface area contributed by atoms with Crippen LogP contribution in [-0.2, 0) is 6.54 Å². The quantitative estimate of drug-likeness (QED) is 0.786. The molecular formula is C20H23N5O. The van der Waals surface area contributed by atoms with Crippen molar-refractivity contribution in [2.45, 2.75) is 25.4 Å². The third-order valence-electron chi connectivity index (χ3n) is 4.78. The van der Waals surface area contributed by atoms with Crippen LogP contribution < -0.4 is 0 Å². The summed E-state index contributed by atoms with van der Waals surface area (Å²) in [6, 6.07) is 11.7. The summed E-state index contributed by atoms with van der Waals surface area (Å²) in [5.74, 6) is 0.761. The van der Waals surface area contributed by atoms with Gasteiger partial charge in [0.05, 0.1) is 11.7 Å². The smallest absolute Gasteiger partial charge is 0.270 e. The van der Waals surface area contributed by atoms with Crippen LogP contribution in [0, 0.1) is 0 Å². The lowest BCUT2D eigenvalue weighted by molar-refractivity contribution is 0.0724. The zero-order valence-corrected chi connectivity index (χ0v) is 15.1. The fourth-order valence-electron chi connectivity index (χ4n) is 3.61. The van der Waals surface area contributed by atoms with Gasteiger partial charge in [0.2, 0.25) is 0 Å². The van der Waals surface area contributed by atoms with Crippen LogP contribution in [0.2, 0.25) is 0 Å². The second-order valence-corrected chi connectivity index (χ2v) is 7.07. The first-order valence-electron chi connectivity index (χ1n) is 8.97. The Labute approximate surface area is 152 Å². The number of hydrogen-bond donors (Lipinski definition) is 1. The number of nitrogens with one attached hydrogen (secondary N) is 1. The zero-order chi connectivity index (χ0) is 18.1. The van der Waals surface area contributed by atoms with Crippen LogP contribution in [0.1, 0.15) is 40.9 Å². The van der Waals surface area contributed by atoms with E-state index < -0.39 is 0 Å². The lowest BCUT2D eigenvalue weighted by Gasteiger charge is -2.23. The normalized spacial score (nSPS) is 17.3. The molecule has 1 atom stereocenters. The number of H-pyrrole nitrogens is 1. The largest absolute Gasteiger partial charge is 0.351 e. The number of nitrogens with zero attached hydrogens (tertiary/aromatic N) is 4. The lowest BCUT2D eigenvalue weighted by atomic mass is 10.2. The highest BCUT2D eigenvalue weighted by Gasteiger charge is 2.33. The van der Waals surface area contributed by atoms with Crippen molar-refractivity contribution in [1.82, 2.24) is 24.8 Å². The molecule has 1 amide bonds. The fraction of sp³-hybridized carbons (Fsp3) is 0.350. The van der Waals surface area contributed by atoms with Gasteiger partial charge in [-0.05, 0) is 45.1 Å². The number of rotatable bonds is 4. The molecular weight excluding hydrogens is 326 g/mol. The molecule has 1 aromatic carbocycles. The van der Waals surface area contributed by atoms with Gasteiger partial charge in [-0.25, -0.2) is 9.97 Å². The van der Waals surface area contributed by atoms with Gasteiger partial charge >= 0.3 is 0 Å². The predicted octanol–water partition coefficient (Wildman–Crippen LogP) is 3.00. The number of benzene rings is 1. The van der Waals surface area contributed by atoms with Gasteiger partial charge in [0.15, 0.2) is 5.82 Å². The third kappa shape index (κ3) is 3.20. The molecule has 1 N–H and O–H groups in total. The van der Waals surface area contributed by atoms with E-state index in [1.54, 1.807) is 6.20 Å². The van der Waals surface area contributed by atoms with E-state index in [9.17, 15) is 4.79 Å². The van der Waals surface area contributed by atoms with E-state index in [-0.39, 0.29) is 11.9 Å². The maximum atomic E-state index is 13.1. The maximum absolute atomic E-state index is 13.1. The van der Waals surface area contributed by atoms with Crippen molar-refractivity contribution >= 4 is 16.8 Å². The van der Waals surface area contributed by atoms with Crippen molar-refractivity contribution in [3.8, 4) is 0 Å². The Bertz CT molecular complexity index is 900. The van der Waals surface area contributed by atoms with Crippen LogP contribution in [0.3, 0.4) is 0 Å². The number of aromatic nitrogens is 3. The van der Waals surface area contributed by atoms with E-state index in [0.29, 0.717) is 5.69 Å². The Kier molecular flexibility index (Phi) is 4.42. The average Bonchev–Trinajstić information content (AvgIpc) is 3.27. The Hall–Kier alpha value is -2.73. The molecule has 0 saturated carbocycles.